The van der Waals surface area contributed by atoms with Crippen LogP contribution in [0, 0.1) is 6.92 Å². The lowest BCUT2D eigenvalue weighted by Crippen LogP contribution is -2.39. The molecule has 0 aliphatic carbocycles. The minimum absolute atomic E-state index is 0.0240. The highest BCUT2D eigenvalue weighted by atomic mass is 16.5. The van der Waals surface area contributed by atoms with Crippen molar-refractivity contribution in [2.45, 2.75) is 45.6 Å². The number of likely N-dealkylation sites (tertiary alicyclic amines) is 1. The summed E-state index contributed by atoms with van der Waals surface area (Å²) in [5.41, 5.74) is 1.44. The summed E-state index contributed by atoms with van der Waals surface area (Å²) in [6.07, 6.45) is 3.63. The molecule has 3 heterocycles. The number of amides is 1. The average molecular weight is 303 g/mol. The van der Waals surface area contributed by atoms with Gasteiger partial charge in [-0.2, -0.15) is 10.1 Å². The number of piperidine rings is 1. The zero-order valence-electron chi connectivity index (χ0n) is 13.2. The van der Waals surface area contributed by atoms with Crippen LogP contribution in [0.5, 0.6) is 0 Å². The van der Waals surface area contributed by atoms with Crippen LogP contribution in [-0.4, -0.2) is 37.3 Å². The van der Waals surface area contributed by atoms with Gasteiger partial charge in [0.2, 0.25) is 5.89 Å². The monoisotopic (exact) mass is 303 g/mol. The van der Waals surface area contributed by atoms with Gasteiger partial charge < -0.3 is 9.42 Å². The van der Waals surface area contributed by atoms with Crippen molar-refractivity contribution in [3.8, 4) is 0 Å². The number of hydrogen-bond acceptors (Lipinski definition) is 5. The predicted molar refractivity (Wildman–Crippen MR) is 79.2 cm³/mol. The molecule has 3 rings (SSSR count). The Labute approximate surface area is 129 Å². The average Bonchev–Trinajstić information content (AvgIpc) is 3.13. The molecule has 0 spiro atoms. The van der Waals surface area contributed by atoms with E-state index in [9.17, 15) is 4.79 Å². The molecule has 1 aliphatic rings. The number of aryl methyl sites for hydroxylation is 3. The highest BCUT2D eigenvalue weighted by Crippen LogP contribution is 2.31. The molecule has 7 heteroatoms. The number of rotatable bonds is 3. The second-order valence-corrected chi connectivity index (χ2v) is 5.71. The molecule has 1 saturated heterocycles. The van der Waals surface area contributed by atoms with Gasteiger partial charge in [-0.3, -0.25) is 9.48 Å². The molecule has 0 saturated carbocycles. The number of carbonyl (C=O) groups excluding carboxylic acids is 1. The molecule has 1 amide bonds. The Balaban J connectivity index is 1.89. The molecule has 1 atom stereocenters. The maximum absolute atomic E-state index is 12.9. The van der Waals surface area contributed by atoms with Crippen LogP contribution in [0.3, 0.4) is 0 Å². The summed E-state index contributed by atoms with van der Waals surface area (Å²) in [5, 5.41) is 8.22. The van der Waals surface area contributed by atoms with E-state index in [0.717, 1.165) is 31.4 Å². The van der Waals surface area contributed by atoms with Crippen molar-refractivity contribution in [2.75, 3.05) is 6.54 Å². The van der Waals surface area contributed by atoms with Crippen molar-refractivity contribution in [1.82, 2.24) is 24.8 Å². The molecule has 0 radical (unpaired) electrons. The van der Waals surface area contributed by atoms with Gasteiger partial charge in [0.05, 0.1) is 5.69 Å². The van der Waals surface area contributed by atoms with E-state index >= 15 is 0 Å². The molecule has 0 N–H and O–H groups in total. The van der Waals surface area contributed by atoms with Crippen molar-refractivity contribution in [3.05, 3.63) is 29.2 Å². The molecule has 2 aromatic rings. The lowest BCUT2D eigenvalue weighted by molar-refractivity contribution is 0.0550. The molecule has 7 nitrogen and oxygen atoms in total. The third-order valence-electron chi connectivity index (χ3n) is 4.07. The quantitative estimate of drug-likeness (QED) is 0.867. The lowest BCUT2D eigenvalue weighted by atomic mass is 10.0. The summed E-state index contributed by atoms with van der Waals surface area (Å²) in [6, 6.07) is 1.68. The van der Waals surface area contributed by atoms with Crippen molar-refractivity contribution in [2.24, 2.45) is 7.05 Å². The normalized spacial score (nSPS) is 18.7. The van der Waals surface area contributed by atoms with E-state index in [-0.39, 0.29) is 11.9 Å². The molecule has 0 aromatic carbocycles. The first-order valence-electron chi connectivity index (χ1n) is 7.74. The first kappa shape index (κ1) is 14.7. The molecule has 2 aromatic heterocycles. The predicted octanol–water partition coefficient (Wildman–Crippen LogP) is 2.04. The van der Waals surface area contributed by atoms with Crippen molar-refractivity contribution >= 4 is 5.91 Å². The first-order chi connectivity index (χ1) is 10.6. The van der Waals surface area contributed by atoms with Gasteiger partial charge in [0, 0.05) is 20.0 Å². The number of nitrogens with zero attached hydrogens (tertiary/aromatic N) is 5. The SMILES string of the molecule is CCc1noc(C2CCCCN2C(=O)c2cc(C)nn2C)n1. The van der Waals surface area contributed by atoms with Gasteiger partial charge in [0.1, 0.15) is 11.7 Å². The molecule has 1 aliphatic heterocycles. The van der Waals surface area contributed by atoms with Crippen LogP contribution in [-0.2, 0) is 13.5 Å². The van der Waals surface area contributed by atoms with E-state index in [2.05, 4.69) is 15.2 Å². The van der Waals surface area contributed by atoms with Gasteiger partial charge in [0.25, 0.3) is 5.91 Å². The van der Waals surface area contributed by atoms with Crippen LogP contribution >= 0.6 is 0 Å². The highest BCUT2D eigenvalue weighted by Gasteiger charge is 2.33. The topological polar surface area (TPSA) is 77.0 Å². The van der Waals surface area contributed by atoms with Gasteiger partial charge in [-0.05, 0) is 32.3 Å². The largest absolute Gasteiger partial charge is 0.337 e. The third kappa shape index (κ3) is 2.63. The summed E-state index contributed by atoms with van der Waals surface area (Å²) in [6.45, 7) is 4.57. The summed E-state index contributed by atoms with van der Waals surface area (Å²) < 4.78 is 7.00. The summed E-state index contributed by atoms with van der Waals surface area (Å²) in [4.78, 5) is 19.1. The first-order valence-corrected chi connectivity index (χ1v) is 7.74. The van der Waals surface area contributed by atoms with E-state index in [0.29, 0.717) is 24.0 Å². The van der Waals surface area contributed by atoms with Gasteiger partial charge in [-0.15, -0.1) is 0 Å². The summed E-state index contributed by atoms with van der Waals surface area (Å²) >= 11 is 0. The van der Waals surface area contributed by atoms with Crippen LogP contribution in [0.1, 0.15) is 60.1 Å². The summed E-state index contributed by atoms with van der Waals surface area (Å²) in [7, 11) is 1.79. The molecular formula is C15H21N5O2. The van der Waals surface area contributed by atoms with Crippen LogP contribution < -0.4 is 0 Å². The Morgan fingerprint density at radius 2 is 2.27 bits per heavy atom. The van der Waals surface area contributed by atoms with Gasteiger partial charge in [0.15, 0.2) is 5.82 Å². The van der Waals surface area contributed by atoms with Crippen molar-refractivity contribution in [1.29, 1.82) is 0 Å². The van der Waals surface area contributed by atoms with Crippen LogP contribution in [0.25, 0.3) is 0 Å². The number of carbonyl (C=O) groups is 1. The van der Waals surface area contributed by atoms with Gasteiger partial charge in [-0.25, -0.2) is 0 Å². The van der Waals surface area contributed by atoms with Crippen LogP contribution in [0.4, 0.5) is 0 Å². The maximum Gasteiger partial charge on any atom is 0.272 e. The Hall–Kier alpha value is -2.18. The Morgan fingerprint density at radius 3 is 2.91 bits per heavy atom. The van der Waals surface area contributed by atoms with Crippen molar-refractivity contribution < 1.29 is 9.32 Å². The summed E-state index contributed by atoms with van der Waals surface area (Å²) in [5.74, 6) is 1.21. The second kappa shape index (κ2) is 5.90. The number of aromatic nitrogens is 4. The zero-order chi connectivity index (χ0) is 15.7. The molecule has 1 unspecified atom stereocenters. The zero-order valence-corrected chi connectivity index (χ0v) is 13.2. The fraction of sp³-hybridized carbons (Fsp3) is 0.600. The molecule has 118 valence electrons. The minimum Gasteiger partial charge on any atom is -0.337 e. The van der Waals surface area contributed by atoms with E-state index in [4.69, 9.17) is 4.52 Å². The van der Waals surface area contributed by atoms with Gasteiger partial charge >= 0.3 is 0 Å². The molecule has 0 bridgehead atoms. The Morgan fingerprint density at radius 1 is 1.45 bits per heavy atom. The number of hydrogen-bond donors (Lipinski definition) is 0. The Bertz CT molecular complexity index is 675. The molecule has 22 heavy (non-hydrogen) atoms. The van der Waals surface area contributed by atoms with E-state index in [1.807, 2.05) is 24.8 Å². The van der Waals surface area contributed by atoms with Crippen molar-refractivity contribution in [3.63, 3.8) is 0 Å². The molecular weight excluding hydrogens is 282 g/mol. The lowest BCUT2D eigenvalue weighted by Gasteiger charge is -2.33. The van der Waals surface area contributed by atoms with Crippen LogP contribution in [0.15, 0.2) is 10.6 Å². The van der Waals surface area contributed by atoms with E-state index < -0.39 is 0 Å². The fourth-order valence-electron chi connectivity index (χ4n) is 2.94. The minimum atomic E-state index is -0.135. The fourth-order valence-corrected chi connectivity index (χ4v) is 2.94. The van der Waals surface area contributed by atoms with Gasteiger partial charge in [-0.1, -0.05) is 12.1 Å². The smallest absolute Gasteiger partial charge is 0.272 e. The maximum atomic E-state index is 12.9. The Kier molecular flexibility index (Phi) is 3.96. The standard InChI is InChI=1S/C15H21N5O2/c1-4-13-16-14(22-18-13)11-7-5-6-8-20(11)15(21)12-9-10(2)17-19(12)3/h9,11H,4-8H2,1-3H3. The van der Waals surface area contributed by atoms with E-state index in [1.54, 1.807) is 11.7 Å². The highest BCUT2D eigenvalue weighted by molar-refractivity contribution is 5.93. The van der Waals surface area contributed by atoms with Crippen LogP contribution in [0.2, 0.25) is 0 Å². The third-order valence-corrected chi connectivity index (χ3v) is 4.07. The molecule has 1 fully saturated rings. The second-order valence-electron chi connectivity index (χ2n) is 5.71. The van der Waals surface area contributed by atoms with E-state index in [1.165, 1.54) is 0 Å².